The minimum atomic E-state index is -3.20. The van der Waals surface area contributed by atoms with Crippen LogP contribution in [0.3, 0.4) is 0 Å². The van der Waals surface area contributed by atoms with Crippen molar-refractivity contribution >= 4 is 15.7 Å². The van der Waals surface area contributed by atoms with Gasteiger partial charge < -0.3 is 10.2 Å². The molecule has 0 aromatic heterocycles. The van der Waals surface area contributed by atoms with Gasteiger partial charge >= 0.3 is 0 Å². The third-order valence-electron chi connectivity index (χ3n) is 3.24. The van der Waals surface area contributed by atoms with Crippen LogP contribution in [0.15, 0.2) is 29.2 Å². The highest BCUT2D eigenvalue weighted by molar-refractivity contribution is 7.91. The lowest BCUT2D eigenvalue weighted by atomic mass is 10.2. The van der Waals surface area contributed by atoms with Crippen LogP contribution in [0.25, 0.3) is 0 Å². The molecule has 104 valence electrons. The van der Waals surface area contributed by atoms with Crippen molar-refractivity contribution in [2.75, 3.05) is 31.9 Å². The highest BCUT2D eigenvalue weighted by atomic mass is 32.2. The topological polar surface area (TPSA) is 66.5 Å². The summed E-state index contributed by atoms with van der Waals surface area (Å²) in [5.41, 5.74) is 0.539. The lowest BCUT2D eigenvalue weighted by Gasteiger charge is -2.27. The van der Waals surface area contributed by atoms with E-state index in [0.29, 0.717) is 18.7 Å². The van der Waals surface area contributed by atoms with Gasteiger partial charge in [0.1, 0.15) is 0 Å². The summed E-state index contributed by atoms with van der Waals surface area (Å²) in [4.78, 5) is 14.2. The van der Waals surface area contributed by atoms with E-state index >= 15 is 0 Å². The summed E-state index contributed by atoms with van der Waals surface area (Å²) in [5.74, 6) is 0.0277. The quantitative estimate of drug-likeness (QED) is 0.878. The van der Waals surface area contributed by atoms with E-state index in [1.807, 2.05) is 0 Å². The van der Waals surface area contributed by atoms with Crippen molar-refractivity contribution in [3.05, 3.63) is 29.8 Å². The molecule has 1 heterocycles. The van der Waals surface area contributed by atoms with Crippen molar-refractivity contribution in [2.24, 2.45) is 0 Å². The normalized spacial score (nSPS) is 16.4. The fraction of sp³-hybridized carbons (Fsp3) is 0.462. The van der Waals surface area contributed by atoms with Crippen LogP contribution in [0.2, 0.25) is 0 Å². The summed E-state index contributed by atoms with van der Waals surface area (Å²) in [7, 11) is -3.20. The number of rotatable bonds is 3. The highest BCUT2D eigenvalue weighted by Gasteiger charge is 2.18. The number of sulfone groups is 1. The molecular weight excluding hydrogens is 264 g/mol. The number of amides is 1. The Morgan fingerprint density at radius 2 is 1.79 bits per heavy atom. The molecule has 1 aliphatic heterocycles. The number of benzene rings is 1. The van der Waals surface area contributed by atoms with E-state index in [9.17, 15) is 13.2 Å². The van der Waals surface area contributed by atoms with Crippen LogP contribution in [-0.2, 0) is 9.84 Å². The van der Waals surface area contributed by atoms with Gasteiger partial charge in [0.15, 0.2) is 9.84 Å². The molecule has 1 amide bonds. The third kappa shape index (κ3) is 3.13. The summed E-state index contributed by atoms with van der Waals surface area (Å²) in [6, 6.07) is 6.20. The molecule has 1 aromatic carbocycles. The minimum Gasteiger partial charge on any atom is -0.336 e. The van der Waals surface area contributed by atoms with Gasteiger partial charge in [-0.3, -0.25) is 4.79 Å². The van der Waals surface area contributed by atoms with Gasteiger partial charge in [-0.25, -0.2) is 8.42 Å². The SMILES string of the molecule is CCS(=O)(=O)c1ccc(C(=O)N2CCNCC2)cc1. The molecule has 0 atom stereocenters. The number of nitrogens with zero attached hydrogens (tertiary/aromatic N) is 1. The molecule has 1 N–H and O–H groups in total. The zero-order valence-electron chi connectivity index (χ0n) is 10.9. The second-order valence-corrected chi connectivity index (χ2v) is 6.75. The zero-order chi connectivity index (χ0) is 13.9. The Bertz CT molecular complexity index is 546. The molecule has 0 spiro atoms. The predicted molar refractivity (Wildman–Crippen MR) is 72.9 cm³/mol. The summed E-state index contributed by atoms with van der Waals surface area (Å²) in [6.45, 7) is 4.58. The summed E-state index contributed by atoms with van der Waals surface area (Å²) in [6.07, 6.45) is 0. The monoisotopic (exact) mass is 282 g/mol. The van der Waals surface area contributed by atoms with Gasteiger partial charge in [0.05, 0.1) is 10.6 Å². The van der Waals surface area contributed by atoms with Gasteiger partial charge in [0.2, 0.25) is 0 Å². The molecule has 2 rings (SSSR count). The molecule has 1 aliphatic rings. The fourth-order valence-electron chi connectivity index (χ4n) is 2.02. The highest BCUT2D eigenvalue weighted by Crippen LogP contribution is 2.14. The molecule has 0 unspecified atom stereocenters. The maximum Gasteiger partial charge on any atom is 0.253 e. The van der Waals surface area contributed by atoms with Crippen LogP contribution in [0.4, 0.5) is 0 Å². The second-order valence-electron chi connectivity index (χ2n) is 4.47. The van der Waals surface area contributed by atoms with Gasteiger partial charge in [-0.15, -0.1) is 0 Å². The van der Waals surface area contributed by atoms with Crippen molar-refractivity contribution in [1.29, 1.82) is 0 Å². The first-order chi connectivity index (χ1) is 9.04. The van der Waals surface area contributed by atoms with Gasteiger partial charge in [-0.2, -0.15) is 0 Å². The average molecular weight is 282 g/mol. The largest absolute Gasteiger partial charge is 0.336 e. The first-order valence-electron chi connectivity index (χ1n) is 6.37. The van der Waals surface area contributed by atoms with Crippen LogP contribution in [-0.4, -0.2) is 51.2 Å². The maximum absolute atomic E-state index is 12.2. The fourth-order valence-corrected chi connectivity index (χ4v) is 2.91. The molecular formula is C13H18N2O3S. The predicted octanol–water partition coefficient (Wildman–Crippen LogP) is 0.526. The Hall–Kier alpha value is -1.40. The Balaban J connectivity index is 2.16. The lowest BCUT2D eigenvalue weighted by molar-refractivity contribution is 0.0735. The van der Waals surface area contributed by atoms with E-state index < -0.39 is 9.84 Å². The van der Waals surface area contributed by atoms with Crippen LogP contribution in [0.5, 0.6) is 0 Å². The number of piperazine rings is 1. The van der Waals surface area contributed by atoms with Gasteiger partial charge in [0, 0.05) is 31.7 Å². The maximum atomic E-state index is 12.2. The van der Waals surface area contributed by atoms with Crippen LogP contribution in [0, 0.1) is 0 Å². The van der Waals surface area contributed by atoms with E-state index in [2.05, 4.69) is 5.32 Å². The van der Waals surface area contributed by atoms with Crippen LogP contribution < -0.4 is 5.32 Å². The number of nitrogens with one attached hydrogen (secondary N) is 1. The van der Waals surface area contributed by atoms with Gasteiger partial charge in [0.25, 0.3) is 5.91 Å². The molecule has 6 heteroatoms. The van der Waals surface area contributed by atoms with Crippen molar-refractivity contribution in [2.45, 2.75) is 11.8 Å². The van der Waals surface area contributed by atoms with E-state index in [0.717, 1.165) is 13.1 Å². The van der Waals surface area contributed by atoms with Gasteiger partial charge in [-0.05, 0) is 24.3 Å². The molecule has 1 saturated heterocycles. The van der Waals surface area contributed by atoms with Crippen molar-refractivity contribution < 1.29 is 13.2 Å². The second kappa shape index (κ2) is 5.71. The Kier molecular flexibility index (Phi) is 4.21. The smallest absolute Gasteiger partial charge is 0.253 e. The zero-order valence-corrected chi connectivity index (χ0v) is 11.7. The van der Waals surface area contributed by atoms with E-state index in [1.165, 1.54) is 12.1 Å². The number of hydrogen-bond donors (Lipinski definition) is 1. The molecule has 19 heavy (non-hydrogen) atoms. The van der Waals surface area contributed by atoms with Crippen molar-refractivity contribution in [1.82, 2.24) is 10.2 Å². The first-order valence-corrected chi connectivity index (χ1v) is 8.02. The molecule has 5 nitrogen and oxygen atoms in total. The van der Waals surface area contributed by atoms with E-state index in [1.54, 1.807) is 24.0 Å². The molecule has 0 radical (unpaired) electrons. The third-order valence-corrected chi connectivity index (χ3v) is 5.00. The summed E-state index contributed by atoms with van der Waals surface area (Å²) >= 11 is 0. The number of carbonyl (C=O) groups is 1. The standard InChI is InChI=1S/C13H18N2O3S/c1-2-19(17,18)12-5-3-11(4-6-12)13(16)15-9-7-14-8-10-15/h3-6,14H,2,7-10H2,1H3. The molecule has 0 aliphatic carbocycles. The van der Waals surface area contributed by atoms with E-state index in [-0.39, 0.29) is 16.6 Å². The molecule has 0 saturated carbocycles. The lowest BCUT2D eigenvalue weighted by Crippen LogP contribution is -2.46. The minimum absolute atomic E-state index is 0.0399. The van der Waals surface area contributed by atoms with Crippen LogP contribution in [0.1, 0.15) is 17.3 Å². The van der Waals surface area contributed by atoms with E-state index in [4.69, 9.17) is 0 Å². The number of hydrogen-bond acceptors (Lipinski definition) is 4. The summed E-state index contributed by atoms with van der Waals surface area (Å²) in [5, 5.41) is 3.18. The molecule has 1 fully saturated rings. The first kappa shape index (κ1) is 14.0. The van der Waals surface area contributed by atoms with Gasteiger partial charge in [-0.1, -0.05) is 6.92 Å². The molecule has 1 aromatic rings. The Labute approximate surface area is 113 Å². The van der Waals surface area contributed by atoms with Crippen LogP contribution >= 0.6 is 0 Å². The van der Waals surface area contributed by atoms with Crippen molar-refractivity contribution in [3.63, 3.8) is 0 Å². The average Bonchev–Trinajstić information content (AvgIpc) is 2.47. The number of carbonyl (C=O) groups excluding carboxylic acids is 1. The Morgan fingerprint density at radius 1 is 1.21 bits per heavy atom. The summed E-state index contributed by atoms with van der Waals surface area (Å²) < 4.78 is 23.4. The van der Waals surface area contributed by atoms with Crippen molar-refractivity contribution in [3.8, 4) is 0 Å². The Morgan fingerprint density at radius 3 is 2.32 bits per heavy atom. The molecule has 0 bridgehead atoms.